The van der Waals surface area contributed by atoms with E-state index in [1.54, 1.807) is 14.2 Å². The van der Waals surface area contributed by atoms with Gasteiger partial charge in [0.05, 0.1) is 26.5 Å². The summed E-state index contributed by atoms with van der Waals surface area (Å²) in [4.78, 5) is 14.3. The molecule has 0 aliphatic carbocycles. The Morgan fingerprint density at radius 1 is 1.15 bits per heavy atom. The van der Waals surface area contributed by atoms with Crippen molar-refractivity contribution >= 4 is 43.5 Å². The number of ether oxygens (including phenoxy) is 2. The second kappa shape index (κ2) is 9.39. The molecule has 2 rings (SSSR count). The molecular formula is C19H22Br2N2O3. The molecule has 0 fully saturated rings. The minimum Gasteiger partial charge on any atom is -0.493 e. The van der Waals surface area contributed by atoms with Crippen LogP contribution in [0.1, 0.15) is 11.1 Å². The van der Waals surface area contributed by atoms with Crippen LogP contribution in [0.15, 0.2) is 39.3 Å². The van der Waals surface area contributed by atoms with Crippen LogP contribution in [0.2, 0.25) is 0 Å². The molecule has 1 N–H and O–H groups in total. The first-order valence-electron chi connectivity index (χ1n) is 7.99. The molecule has 0 unspecified atom stereocenters. The standard InChI is InChI=1S/C19H22Br2N2O3/c1-12-8-14(20)18(15(21)9-12)22-17(24)11-23(2)10-13-6-5-7-16(25-3)19(13)26-4/h5-9H,10-11H2,1-4H3,(H,22,24). The third kappa shape index (κ3) is 5.22. The first-order chi connectivity index (χ1) is 12.3. The second-order valence-electron chi connectivity index (χ2n) is 5.98. The van der Waals surface area contributed by atoms with Crippen molar-refractivity contribution in [3.8, 4) is 11.5 Å². The molecule has 2 aromatic carbocycles. The number of carbonyl (C=O) groups excluding carboxylic acids is 1. The Morgan fingerprint density at radius 2 is 1.81 bits per heavy atom. The number of rotatable bonds is 7. The van der Waals surface area contributed by atoms with Crippen LogP contribution in [-0.2, 0) is 11.3 Å². The van der Waals surface area contributed by atoms with Crippen molar-refractivity contribution in [3.05, 3.63) is 50.4 Å². The van der Waals surface area contributed by atoms with Crippen molar-refractivity contribution in [2.45, 2.75) is 13.5 Å². The molecule has 0 spiro atoms. The van der Waals surface area contributed by atoms with Gasteiger partial charge in [-0.2, -0.15) is 0 Å². The van der Waals surface area contributed by atoms with E-state index < -0.39 is 0 Å². The molecule has 26 heavy (non-hydrogen) atoms. The molecule has 0 atom stereocenters. The number of hydrogen-bond donors (Lipinski definition) is 1. The number of halogens is 2. The summed E-state index contributed by atoms with van der Waals surface area (Å²) < 4.78 is 12.5. The fourth-order valence-corrected chi connectivity index (χ4v) is 4.28. The summed E-state index contributed by atoms with van der Waals surface area (Å²) in [6.45, 7) is 2.80. The highest BCUT2D eigenvalue weighted by Crippen LogP contribution is 2.33. The number of anilines is 1. The van der Waals surface area contributed by atoms with Gasteiger partial charge in [0.15, 0.2) is 11.5 Å². The Bertz CT molecular complexity index is 773. The smallest absolute Gasteiger partial charge is 0.238 e. The Balaban J connectivity index is 2.05. The summed E-state index contributed by atoms with van der Waals surface area (Å²) in [7, 11) is 5.11. The van der Waals surface area contributed by atoms with Gasteiger partial charge in [-0.3, -0.25) is 9.69 Å². The van der Waals surface area contributed by atoms with Crippen LogP contribution in [0.25, 0.3) is 0 Å². The van der Waals surface area contributed by atoms with Crippen LogP contribution in [-0.4, -0.2) is 38.6 Å². The zero-order chi connectivity index (χ0) is 19.3. The Hall–Kier alpha value is -1.57. The number of likely N-dealkylation sites (N-methyl/N-ethyl adjacent to an activating group) is 1. The normalized spacial score (nSPS) is 10.7. The Morgan fingerprint density at radius 3 is 2.38 bits per heavy atom. The van der Waals surface area contributed by atoms with Crippen LogP contribution in [0.5, 0.6) is 11.5 Å². The lowest BCUT2D eigenvalue weighted by atomic mass is 10.1. The van der Waals surface area contributed by atoms with Gasteiger partial charge in [-0.15, -0.1) is 0 Å². The zero-order valence-electron chi connectivity index (χ0n) is 15.2. The highest BCUT2D eigenvalue weighted by molar-refractivity contribution is 9.11. The van der Waals surface area contributed by atoms with Crippen LogP contribution >= 0.6 is 31.9 Å². The molecule has 0 saturated heterocycles. The number of para-hydroxylation sites is 1. The zero-order valence-corrected chi connectivity index (χ0v) is 18.4. The van der Waals surface area contributed by atoms with Gasteiger partial charge >= 0.3 is 0 Å². The molecule has 1 amide bonds. The van der Waals surface area contributed by atoms with Crippen molar-refractivity contribution in [1.82, 2.24) is 4.90 Å². The number of aryl methyl sites for hydroxylation is 1. The van der Waals surface area contributed by atoms with E-state index in [1.807, 2.05) is 49.2 Å². The monoisotopic (exact) mass is 484 g/mol. The number of nitrogens with zero attached hydrogens (tertiary/aromatic N) is 1. The topological polar surface area (TPSA) is 50.8 Å². The molecule has 0 aromatic heterocycles. The van der Waals surface area contributed by atoms with Gasteiger partial charge in [0.2, 0.25) is 5.91 Å². The van der Waals surface area contributed by atoms with E-state index in [4.69, 9.17) is 9.47 Å². The third-order valence-corrected chi connectivity index (χ3v) is 5.04. The lowest BCUT2D eigenvalue weighted by Gasteiger charge is -2.19. The van der Waals surface area contributed by atoms with Gasteiger partial charge in [-0.25, -0.2) is 0 Å². The van der Waals surface area contributed by atoms with E-state index in [2.05, 4.69) is 37.2 Å². The van der Waals surface area contributed by atoms with E-state index >= 15 is 0 Å². The Labute approximate surface area is 170 Å². The number of carbonyl (C=O) groups is 1. The van der Waals surface area contributed by atoms with Gasteiger partial charge in [-0.05, 0) is 69.6 Å². The SMILES string of the molecule is COc1cccc(CN(C)CC(=O)Nc2c(Br)cc(C)cc2Br)c1OC. The first-order valence-corrected chi connectivity index (χ1v) is 9.58. The number of amides is 1. The Kier molecular flexibility index (Phi) is 7.49. The summed E-state index contributed by atoms with van der Waals surface area (Å²) in [5, 5.41) is 2.94. The number of benzene rings is 2. The molecule has 5 nitrogen and oxygen atoms in total. The lowest BCUT2D eigenvalue weighted by Crippen LogP contribution is -2.30. The molecular weight excluding hydrogens is 464 g/mol. The average molecular weight is 486 g/mol. The summed E-state index contributed by atoms with van der Waals surface area (Å²) >= 11 is 6.98. The highest BCUT2D eigenvalue weighted by Gasteiger charge is 2.15. The van der Waals surface area contributed by atoms with E-state index in [-0.39, 0.29) is 12.5 Å². The molecule has 0 bridgehead atoms. The molecule has 2 aromatic rings. The molecule has 0 saturated carbocycles. The van der Waals surface area contributed by atoms with Gasteiger partial charge in [0, 0.05) is 21.1 Å². The van der Waals surface area contributed by atoms with E-state index in [1.165, 1.54) is 0 Å². The largest absolute Gasteiger partial charge is 0.493 e. The first kappa shape index (κ1) is 20.7. The minimum atomic E-state index is -0.0976. The van der Waals surface area contributed by atoms with Crippen molar-refractivity contribution in [2.75, 3.05) is 33.1 Å². The molecule has 7 heteroatoms. The van der Waals surface area contributed by atoms with Crippen LogP contribution in [0, 0.1) is 6.92 Å². The number of hydrogen-bond acceptors (Lipinski definition) is 4. The fraction of sp³-hybridized carbons (Fsp3) is 0.316. The minimum absolute atomic E-state index is 0.0976. The average Bonchev–Trinajstić information content (AvgIpc) is 2.57. The van der Waals surface area contributed by atoms with Gasteiger partial charge in [0.1, 0.15) is 0 Å². The summed E-state index contributed by atoms with van der Waals surface area (Å²) in [5.41, 5.74) is 2.79. The van der Waals surface area contributed by atoms with Crippen LogP contribution < -0.4 is 14.8 Å². The third-order valence-electron chi connectivity index (χ3n) is 3.79. The van der Waals surface area contributed by atoms with E-state index in [0.717, 1.165) is 25.8 Å². The molecule has 0 aliphatic rings. The highest BCUT2D eigenvalue weighted by atomic mass is 79.9. The van der Waals surface area contributed by atoms with E-state index in [0.29, 0.717) is 18.0 Å². The van der Waals surface area contributed by atoms with Crippen molar-refractivity contribution in [1.29, 1.82) is 0 Å². The second-order valence-corrected chi connectivity index (χ2v) is 7.69. The summed E-state index contributed by atoms with van der Waals surface area (Å²) in [6.07, 6.45) is 0. The number of methoxy groups -OCH3 is 2. The number of nitrogens with one attached hydrogen (secondary N) is 1. The summed E-state index contributed by atoms with van der Waals surface area (Å²) in [6, 6.07) is 9.64. The fourth-order valence-electron chi connectivity index (χ4n) is 2.67. The van der Waals surface area contributed by atoms with Crippen molar-refractivity contribution in [3.63, 3.8) is 0 Å². The van der Waals surface area contributed by atoms with Crippen LogP contribution in [0.3, 0.4) is 0 Å². The van der Waals surface area contributed by atoms with Gasteiger partial charge < -0.3 is 14.8 Å². The van der Waals surface area contributed by atoms with Crippen LogP contribution in [0.4, 0.5) is 5.69 Å². The van der Waals surface area contributed by atoms with Crippen molar-refractivity contribution in [2.24, 2.45) is 0 Å². The maximum Gasteiger partial charge on any atom is 0.238 e. The van der Waals surface area contributed by atoms with Gasteiger partial charge in [0.25, 0.3) is 0 Å². The molecule has 140 valence electrons. The predicted octanol–water partition coefficient (Wildman–Crippen LogP) is 4.61. The molecule has 0 heterocycles. The maximum atomic E-state index is 12.4. The summed E-state index contributed by atoms with van der Waals surface area (Å²) in [5.74, 6) is 1.27. The maximum absolute atomic E-state index is 12.4. The molecule has 0 aliphatic heterocycles. The lowest BCUT2D eigenvalue weighted by molar-refractivity contribution is -0.117. The quantitative estimate of drug-likeness (QED) is 0.622. The van der Waals surface area contributed by atoms with Gasteiger partial charge in [-0.1, -0.05) is 12.1 Å². The molecule has 0 radical (unpaired) electrons. The van der Waals surface area contributed by atoms with Crippen molar-refractivity contribution < 1.29 is 14.3 Å². The predicted molar refractivity (Wildman–Crippen MR) is 111 cm³/mol. The van der Waals surface area contributed by atoms with E-state index in [9.17, 15) is 4.79 Å².